The molecule has 0 aliphatic heterocycles. The normalized spacial score (nSPS) is 11.2. The molecule has 0 unspecified atom stereocenters. The maximum absolute atomic E-state index is 12.0. The first-order valence-corrected chi connectivity index (χ1v) is 5.98. The van der Waals surface area contributed by atoms with Gasteiger partial charge in [0.1, 0.15) is 0 Å². The van der Waals surface area contributed by atoms with Crippen LogP contribution >= 0.6 is 11.6 Å². The van der Waals surface area contributed by atoms with Crippen molar-refractivity contribution in [1.29, 1.82) is 0 Å². The van der Waals surface area contributed by atoms with E-state index in [4.69, 9.17) is 22.5 Å². The van der Waals surface area contributed by atoms with Gasteiger partial charge >= 0.3 is 0 Å². The molecule has 2 rings (SSSR count). The summed E-state index contributed by atoms with van der Waals surface area (Å²) in [7, 11) is 0. The number of halogens is 1. The van der Waals surface area contributed by atoms with Gasteiger partial charge in [0.05, 0.1) is 10.7 Å². The number of rotatable bonds is 3. The van der Waals surface area contributed by atoms with Crippen LogP contribution in [-0.2, 0) is 0 Å². The van der Waals surface area contributed by atoms with Gasteiger partial charge in [-0.15, -0.1) is 0 Å². The molecule has 1 amide bonds. The van der Waals surface area contributed by atoms with Crippen LogP contribution in [0.5, 0.6) is 0 Å². The molecule has 0 spiro atoms. The zero-order valence-electron chi connectivity index (χ0n) is 10.2. The topological polar surface area (TPSA) is 101 Å². The van der Waals surface area contributed by atoms with Crippen molar-refractivity contribution in [2.45, 2.75) is 0 Å². The number of carbonyl (C=O) groups is 1. The van der Waals surface area contributed by atoms with E-state index in [2.05, 4.69) is 15.5 Å². The van der Waals surface area contributed by atoms with E-state index >= 15 is 0 Å². The molecule has 2 aromatic rings. The van der Waals surface area contributed by atoms with E-state index in [9.17, 15) is 4.79 Å². The molecule has 102 valence electrons. The molecule has 0 saturated heterocycles. The van der Waals surface area contributed by atoms with Gasteiger partial charge in [-0.25, -0.2) is 0 Å². The van der Waals surface area contributed by atoms with Crippen molar-refractivity contribution in [2.24, 2.45) is 10.9 Å². The lowest BCUT2D eigenvalue weighted by molar-refractivity contribution is 0.102. The van der Waals surface area contributed by atoms with Gasteiger partial charge in [0.25, 0.3) is 5.91 Å². The highest BCUT2D eigenvalue weighted by molar-refractivity contribution is 6.34. The number of aromatic nitrogens is 1. The van der Waals surface area contributed by atoms with Gasteiger partial charge in [-0.3, -0.25) is 9.78 Å². The Balaban J connectivity index is 2.21. The maximum atomic E-state index is 12.0. The number of nitrogens with zero attached hydrogens (tertiary/aromatic N) is 2. The Labute approximate surface area is 119 Å². The third-order valence-electron chi connectivity index (χ3n) is 2.56. The van der Waals surface area contributed by atoms with Gasteiger partial charge < -0.3 is 16.3 Å². The Kier molecular flexibility index (Phi) is 4.17. The van der Waals surface area contributed by atoms with E-state index in [1.165, 1.54) is 18.5 Å². The Morgan fingerprint density at radius 1 is 1.25 bits per heavy atom. The molecule has 0 atom stereocenters. The van der Waals surface area contributed by atoms with E-state index in [-0.39, 0.29) is 16.8 Å². The van der Waals surface area contributed by atoms with Crippen molar-refractivity contribution >= 4 is 29.0 Å². The van der Waals surface area contributed by atoms with Crippen LogP contribution in [0.4, 0.5) is 5.69 Å². The average Bonchev–Trinajstić information content (AvgIpc) is 2.49. The molecule has 1 aromatic carbocycles. The molecule has 0 saturated carbocycles. The van der Waals surface area contributed by atoms with Crippen molar-refractivity contribution in [3.8, 4) is 0 Å². The number of amides is 1. The number of amidine groups is 1. The molecular weight excluding hydrogens is 280 g/mol. The Hall–Kier alpha value is -2.60. The van der Waals surface area contributed by atoms with E-state index in [1.807, 2.05) is 0 Å². The summed E-state index contributed by atoms with van der Waals surface area (Å²) in [6, 6.07) is 7.85. The molecule has 1 heterocycles. The maximum Gasteiger partial charge on any atom is 0.255 e. The molecule has 0 bridgehead atoms. The number of nitrogens with one attached hydrogen (secondary N) is 1. The van der Waals surface area contributed by atoms with Crippen LogP contribution in [0.3, 0.4) is 0 Å². The lowest BCUT2D eigenvalue weighted by Gasteiger charge is -2.08. The van der Waals surface area contributed by atoms with Crippen LogP contribution in [0, 0.1) is 0 Å². The third-order valence-corrected chi connectivity index (χ3v) is 2.88. The van der Waals surface area contributed by atoms with Crippen molar-refractivity contribution in [1.82, 2.24) is 4.98 Å². The first kappa shape index (κ1) is 13.8. The van der Waals surface area contributed by atoms with Gasteiger partial charge in [0.15, 0.2) is 5.84 Å². The lowest BCUT2D eigenvalue weighted by Crippen LogP contribution is -2.15. The van der Waals surface area contributed by atoms with Crippen LogP contribution in [0.15, 0.2) is 47.9 Å². The summed E-state index contributed by atoms with van der Waals surface area (Å²) in [5.41, 5.74) is 6.81. The standard InChI is InChI=1S/C13H11ClN4O2/c14-10-7-9(12(15)18-20)1-2-11(10)17-13(19)8-3-5-16-6-4-8/h1-7,20H,(H2,15,18)(H,17,19). The summed E-state index contributed by atoms with van der Waals surface area (Å²) in [5, 5.41) is 14.4. The van der Waals surface area contributed by atoms with Gasteiger partial charge in [-0.05, 0) is 30.3 Å². The lowest BCUT2D eigenvalue weighted by atomic mass is 10.2. The highest BCUT2D eigenvalue weighted by atomic mass is 35.5. The minimum Gasteiger partial charge on any atom is -0.409 e. The number of anilines is 1. The summed E-state index contributed by atoms with van der Waals surface area (Å²) < 4.78 is 0. The zero-order valence-corrected chi connectivity index (χ0v) is 11.0. The van der Waals surface area contributed by atoms with Crippen LogP contribution in [0.1, 0.15) is 15.9 Å². The van der Waals surface area contributed by atoms with Crippen molar-refractivity contribution in [3.05, 3.63) is 58.9 Å². The number of benzene rings is 1. The largest absolute Gasteiger partial charge is 0.409 e. The summed E-state index contributed by atoms with van der Waals surface area (Å²) >= 11 is 6.04. The first-order chi connectivity index (χ1) is 9.61. The average molecular weight is 291 g/mol. The Bertz CT molecular complexity index is 659. The predicted octanol–water partition coefficient (Wildman–Crippen LogP) is 2.08. The van der Waals surface area contributed by atoms with Gasteiger partial charge in [-0.1, -0.05) is 16.8 Å². The molecule has 4 N–H and O–H groups in total. The molecule has 0 aliphatic rings. The fourth-order valence-electron chi connectivity index (χ4n) is 1.53. The highest BCUT2D eigenvalue weighted by Crippen LogP contribution is 2.23. The number of nitrogens with two attached hydrogens (primary N) is 1. The van der Waals surface area contributed by atoms with Gasteiger partial charge in [0, 0.05) is 23.5 Å². The molecule has 7 heteroatoms. The fourth-order valence-corrected chi connectivity index (χ4v) is 1.76. The fraction of sp³-hybridized carbons (Fsp3) is 0. The highest BCUT2D eigenvalue weighted by Gasteiger charge is 2.09. The first-order valence-electron chi connectivity index (χ1n) is 5.60. The molecule has 20 heavy (non-hydrogen) atoms. The van der Waals surface area contributed by atoms with E-state index in [1.54, 1.807) is 24.3 Å². The third kappa shape index (κ3) is 3.04. The van der Waals surface area contributed by atoms with Gasteiger partial charge in [-0.2, -0.15) is 0 Å². The Morgan fingerprint density at radius 3 is 2.55 bits per heavy atom. The van der Waals surface area contributed by atoms with E-state index in [0.29, 0.717) is 16.8 Å². The smallest absolute Gasteiger partial charge is 0.255 e. The monoisotopic (exact) mass is 290 g/mol. The number of oxime groups is 1. The number of hydrogen-bond acceptors (Lipinski definition) is 4. The second-order valence-electron chi connectivity index (χ2n) is 3.87. The summed E-state index contributed by atoms with van der Waals surface area (Å²) in [6.07, 6.45) is 3.05. The summed E-state index contributed by atoms with van der Waals surface area (Å²) in [6.45, 7) is 0. The van der Waals surface area contributed by atoms with Crippen molar-refractivity contribution in [3.63, 3.8) is 0 Å². The number of pyridine rings is 1. The minimum atomic E-state index is -0.300. The van der Waals surface area contributed by atoms with Crippen LogP contribution in [-0.4, -0.2) is 21.9 Å². The quantitative estimate of drug-likeness (QED) is 0.349. The minimum absolute atomic E-state index is 0.0566. The molecule has 6 nitrogen and oxygen atoms in total. The van der Waals surface area contributed by atoms with Crippen molar-refractivity contribution in [2.75, 3.05) is 5.32 Å². The Morgan fingerprint density at radius 2 is 1.95 bits per heavy atom. The molecule has 0 aliphatic carbocycles. The zero-order chi connectivity index (χ0) is 14.5. The SMILES string of the molecule is N/C(=N/O)c1ccc(NC(=O)c2ccncc2)c(Cl)c1. The van der Waals surface area contributed by atoms with Crippen LogP contribution in [0.2, 0.25) is 5.02 Å². The number of carbonyl (C=O) groups excluding carboxylic acids is 1. The predicted molar refractivity (Wildman–Crippen MR) is 76.2 cm³/mol. The van der Waals surface area contributed by atoms with Crippen LogP contribution in [0.25, 0.3) is 0 Å². The molecule has 1 aromatic heterocycles. The van der Waals surface area contributed by atoms with E-state index in [0.717, 1.165) is 0 Å². The molecule has 0 fully saturated rings. The van der Waals surface area contributed by atoms with Gasteiger partial charge in [0.2, 0.25) is 0 Å². The summed E-state index contributed by atoms with van der Waals surface area (Å²) in [4.78, 5) is 15.8. The molecule has 0 radical (unpaired) electrons. The second-order valence-corrected chi connectivity index (χ2v) is 4.28. The van der Waals surface area contributed by atoms with Crippen molar-refractivity contribution < 1.29 is 10.0 Å². The second kappa shape index (κ2) is 6.03. The number of hydrogen-bond donors (Lipinski definition) is 3. The van der Waals surface area contributed by atoms with Crippen LogP contribution < -0.4 is 11.1 Å². The van der Waals surface area contributed by atoms with E-state index < -0.39 is 0 Å². The molecular formula is C13H11ClN4O2. The summed E-state index contributed by atoms with van der Waals surface area (Å²) in [5.74, 6) is -0.357.